The summed E-state index contributed by atoms with van der Waals surface area (Å²) in [5.74, 6) is -3.81. The third-order valence-electron chi connectivity index (χ3n) is 6.85. The van der Waals surface area contributed by atoms with Crippen molar-refractivity contribution in [2.24, 2.45) is 0 Å². The summed E-state index contributed by atoms with van der Waals surface area (Å²) < 4.78 is 48.3. The van der Waals surface area contributed by atoms with E-state index in [1.54, 1.807) is 42.9 Å². The molecule has 13 heteroatoms. The number of nitrogens with zero attached hydrogens (tertiary/aromatic N) is 5. The van der Waals surface area contributed by atoms with Gasteiger partial charge in [0.15, 0.2) is 0 Å². The zero-order chi connectivity index (χ0) is 32.0. The van der Waals surface area contributed by atoms with Crippen molar-refractivity contribution in [3.05, 3.63) is 107 Å². The molecule has 0 aliphatic carbocycles. The first-order valence-corrected chi connectivity index (χ1v) is 14.8. The molecule has 1 aliphatic rings. The summed E-state index contributed by atoms with van der Waals surface area (Å²) in [5.41, 5.74) is 0.902. The molecule has 1 aromatic heterocycles. The summed E-state index contributed by atoms with van der Waals surface area (Å²) in [6.07, 6.45) is 3.02. The molecule has 0 spiro atoms. The number of anilines is 2. The van der Waals surface area contributed by atoms with Crippen LogP contribution in [0.25, 0.3) is 0 Å². The molecule has 228 valence electrons. The van der Waals surface area contributed by atoms with Crippen LogP contribution in [0.2, 0.25) is 0 Å². The maximum Gasteiger partial charge on any atom is 0.298 e. The second kappa shape index (κ2) is 13.6. The second-order valence-corrected chi connectivity index (χ2v) is 11.4. The number of rotatable bonds is 7. The summed E-state index contributed by atoms with van der Waals surface area (Å²) in [4.78, 5) is 27.7. The average molecular weight is 621 g/mol. The summed E-state index contributed by atoms with van der Waals surface area (Å²) in [6.45, 7) is 0.624. The topological polar surface area (TPSA) is 121 Å². The van der Waals surface area contributed by atoms with Crippen molar-refractivity contribution in [2.45, 2.75) is 12.5 Å². The van der Waals surface area contributed by atoms with E-state index < -0.39 is 28.7 Å². The van der Waals surface area contributed by atoms with Crippen molar-refractivity contribution in [2.75, 3.05) is 44.2 Å². The molecule has 10 nitrogen and oxygen atoms in total. The molecule has 1 atom stereocenters. The minimum atomic E-state index is -3.19. The average Bonchev–Trinajstić information content (AvgIpc) is 3.44. The molecular weight excluding hydrogens is 590 g/mol. The molecule has 5 rings (SSSR count). The van der Waals surface area contributed by atoms with Crippen LogP contribution in [0.15, 0.2) is 79.0 Å². The third-order valence-corrected chi connectivity index (χ3v) is 7.87. The molecule has 0 fully saturated rings. The van der Waals surface area contributed by atoms with Crippen LogP contribution in [0.5, 0.6) is 5.75 Å². The molecule has 1 unspecified atom stereocenters. The molecule has 0 radical (unpaired) electrons. The maximum absolute atomic E-state index is 14.9. The molecule has 1 N–H and O–H groups in total. The van der Waals surface area contributed by atoms with Gasteiger partial charge in [-0.1, -0.05) is 42.5 Å². The molecule has 0 bridgehead atoms. The molecule has 2 amide bonds. The summed E-state index contributed by atoms with van der Waals surface area (Å²) in [5, 5.41) is 16.2. The van der Waals surface area contributed by atoms with Crippen LogP contribution in [0.3, 0.4) is 0 Å². The lowest BCUT2D eigenvalue weighted by atomic mass is 10.00. The fourth-order valence-electron chi connectivity index (χ4n) is 4.34. The number of aromatic nitrogens is 2. The molecular formula is C31H30F2N6O4S. The number of amides is 2. The highest BCUT2D eigenvalue weighted by Crippen LogP contribution is 2.36. The Balaban J connectivity index is 0.000000670. The van der Waals surface area contributed by atoms with Crippen LogP contribution >= 0.6 is 0 Å². The number of hydrogen-bond acceptors (Lipinski definition) is 6. The predicted octanol–water partition coefficient (Wildman–Crippen LogP) is 4.66. The summed E-state index contributed by atoms with van der Waals surface area (Å²) in [7, 11) is 4.19. The van der Waals surface area contributed by atoms with E-state index in [1.807, 2.05) is 6.07 Å². The first-order valence-electron chi connectivity index (χ1n) is 13.3. The number of benzene rings is 3. The fourth-order valence-corrected chi connectivity index (χ4v) is 4.34. The molecule has 1 aliphatic heterocycles. The number of fused-ring (bicyclic) bond motifs is 1. The Morgan fingerprint density at radius 2 is 1.70 bits per heavy atom. The highest BCUT2D eigenvalue weighted by Gasteiger charge is 2.35. The smallest absolute Gasteiger partial charge is 0.298 e. The van der Waals surface area contributed by atoms with Crippen molar-refractivity contribution >= 4 is 34.2 Å². The SMILES string of the molecule is CN(C)S(C)=O.COc1ccc(C(=O)Nc2cnn3c2C(=O)N(c2ccc(C(F)(F)c4ccccc4)cc2)CC3)cc1C#N. The number of carbonyl (C=O) groups is 2. The van der Waals surface area contributed by atoms with E-state index >= 15 is 0 Å². The lowest BCUT2D eigenvalue weighted by Crippen LogP contribution is -2.41. The molecule has 2 heterocycles. The van der Waals surface area contributed by atoms with Gasteiger partial charge >= 0.3 is 0 Å². The van der Waals surface area contributed by atoms with Crippen molar-refractivity contribution in [3.63, 3.8) is 0 Å². The second-order valence-electron chi connectivity index (χ2n) is 9.79. The van der Waals surface area contributed by atoms with Gasteiger partial charge in [0.05, 0.1) is 42.1 Å². The van der Waals surface area contributed by atoms with E-state index in [2.05, 4.69) is 10.4 Å². The number of carbonyl (C=O) groups excluding carboxylic acids is 2. The number of nitriles is 1. The number of ether oxygens (including phenoxy) is 1. The first kappa shape index (κ1) is 32.0. The van der Waals surface area contributed by atoms with Gasteiger partial charge in [0.1, 0.15) is 17.5 Å². The van der Waals surface area contributed by atoms with Crippen molar-refractivity contribution in [1.29, 1.82) is 5.26 Å². The van der Waals surface area contributed by atoms with Gasteiger partial charge in [-0.15, -0.1) is 0 Å². The zero-order valence-electron chi connectivity index (χ0n) is 24.5. The Bertz CT molecular complexity index is 1720. The van der Waals surface area contributed by atoms with Crippen LogP contribution in [0, 0.1) is 11.3 Å². The highest BCUT2D eigenvalue weighted by atomic mass is 32.2. The zero-order valence-corrected chi connectivity index (χ0v) is 25.3. The Labute approximate surface area is 256 Å². The normalized spacial score (nSPS) is 13.3. The number of alkyl halides is 2. The Hall–Kier alpha value is -4.93. The van der Waals surface area contributed by atoms with Gasteiger partial charge in [-0.3, -0.25) is 14.3 Å². The minimum Gasteiger partial charge on any atom is -0.495 e. The fraction of sp³-hybridized carbons (Fsp3) is 0.226. The van der Waals surface area contributed by atoms with Crippen molar-refractivity contribution in [3.8, 4) is 11.8 Å². The van der Waals surface area contributed by atoms with Crippen LogP contribution < -0.4 is 15.0 Å². The number of methoxy groups -OCH3 is 1. The molecule has 3 aromatic carbocycles. The van der Waals surface area contributed by atoms with Crippen LogP contribution in [-0.2, 0) is 23.5 Å². The Morgan fingerprint density at radius 3 is 2.30 bits per heavy atom. The van der Waals surface area contributed by atoms with Gasteiger partial charge in [0.2, 0.25) is 0 Å². The van der Waals surface area contributed by atoms with Gasteiger partial charge in [-0.2, -0.15) is 19.1 Å². The van der Waals surface area contributed by atoms with Crippen LogP contribution in [-0.4, -0.2) is 64.1 Å². The molecule has 0 saturated carbocycles. The number of halogens is 2. The van der Waals surface area contributed by atoms with E-state index in [9.17, 15) is 27.8 Å². The lowest BCUT2D eigenvalue weighted by Gasteiger charge is -2.28. The number of nitrogens with one attached hydrogen (secondary N) is 1. The van der Waals surface area contributed by atoms with E-state index in [1.165, 1.54) is 77.5 Å². The molecule has 4 aromatic rings. The van der Waals surface area contributed by atoms with Gasteiger partial charge in [-0.25, -0.2) is 8.51 Å². The van der Waals surface area contributed by atoms with Gasteiger partial charge < -0.3 is 15.0 Å². The van der Waals surface area contributed by atoms with Gasteiger partial charge in [0.25, 0.3) is 17.7 Å². The number of hydrogen-bond donors (Lipinski definition) is 1. The van der Waals surface area contributed by atoms with Crippen molar-refractivity contribution < 1.29 is 27.3 Å². The van der Waals surface area contributed by atoms with E-state index in [4.69, 9.17) is 4.74 Å². The summed E-state index contributed by atoms with van der Waals surface area (Å²) in [6, 6.07) is 19.5. The van der Waals surface area contributed by atoms with Crippen LogP contribution in [0.4, 0.5) is 20.2 Å². The molecule has 0 saturated heterocycles. The predicted molar refractivity (Wildman–Crippen MR) is 163 cm³/mol. The van der Waals surface area contributed by atoms with E-state index in [0.717, 1.165) is 0 Å². The third kappa shape index (κ3) is 6.82. The lowest BCUT2D eigenvalue weighted by molar-refractivity contribution is 0.0428. The minimum absolute atomic E-state index is 0.121. The van der Waals surface area contributed by atoms with E-state index in [0.29, 0.717) is 18.0 Å². The monoisotopic (exact) mass is 620 g/mol. The van der Waals surface area contributed by atoms with Crippen LogP contribution in [0.1, 0.15) is 37.5 Å². The Morgan fingerprint density at radius 1 is 1.07 bits per heavy atom. The largest absolute Gasteiger partial charge is 0.495 e. The first-order chi connectivity index (χ1) is 21.0. The van der Waals surface area contributed by atoms with Gasteiger partial charge in [-0.05, 0) is 44.4 Å². The molecule has 44 heavy (non-hydrogen) atoms. The Kier molecular flexibility index (Phi) is 9.87. The summed E-state index contributed by atoms with van der Waals surface area (Å²) >= 11 is 0. The van der Waals surface area contributed by atoms with Gasteiger partial charge in [0, 0.05) is 35.2 Å². The maximum atomic E-state index is 14.9. The highest BCUT2D eigenvalue weighted by molar-refractivity contribution is 7.81. The van der Waals surface area contributed by atoms with E-state index in [-0.39, 0.29) is 40.2 Å². The van der Waals surface area contributed by atoms with Crippen molar-refractivity contribution in [1.82, 2.24) is 14.1 Å². The standard InChI is InChI=1S/C28H21F2N5O3.C3H9NOS/c1-38-24-12-7-18(15-19(24)16-31)26(36)33-23-17-32-35-14-13-34(27(37)25(23)35)22-10-8-21(9-11-22)28(29,30)20-5-3-2-4-6-20;1-4(2)6(3)5/h2-12,15,17H,13-14H2,1H3,(H,33,36);1-3H3. The quantitative estimate of drug-likeness (QED) is 0.321.